The first-order chi connectivity index (χ1) is 9.88. The maximum atomic E-state index is 10.9. The second kappa shape index (κ2) is 6.60. The molecule has 0 spiro atoms. The van der Waals surface area contributed by atoms with E-state index in [4.69, 9.17) is 4.42 Å². The monoisotopic (exact) mass is 310 g/mol. The molecule has 1 atom stereocenters. The van der Waals surface area contributed by atoms with Gasteiger partial charge in [-0.3, -0.25) is 0 Å². The first-order valence-corrected chi connectivity index (χ1v) is 8.93. The van der Waals surface area contributed by atoms with Gasteiger partial charge in [0, 0.05) is 11.9 Å². The van der Waals surface area contributed by atoms with Gasteiger partial charge in [-0.1, -0.05) is 18.2 Å². The van der Waals surface area contributed by atoms with E-state index in [0.717, 1.165) is 35.3 Å². The number of para-hydroxylation sites is 1. The lowest BCUT2D eigenvalue weighted by molar-refractivity contribution is 0.445. The standard InChI is InChI=1S/C15H22N2O3S/c1-11-13-7-4-5-8-14(13)20-15(11)12(2)16-9-6-10-17-21(3,18)19/h4-5,7-8,12,16-17H,6,9-10H2,1-3H3. The summed E-state index contributed by atoms with van der Waals surface area (Å²) in [6.45, 7) is 5.27. The van der Waals surface area contributed by atoms with Crippen LogP contribution in [0.3, 0.4) is 0 Å². The predicted octanol–water partition coefficient (Wildman–Crippen LogP) is 2.33. The molecular formula is C15H22N2O3S. The van der Waals surface area contributed by atoms with Crippen LogP contribution in [0.5, 0.6) is 0 Å². The Hall–Kier alpha value is -1.37. The van der Waals surface area contributed by atoms with Gasteiger partial charge in [-0.15, -0.1) is 0 Å². The molecule has 1 unspecified atom stereocenters. The van der Waals surface area contributed by atoms with Gasteiger partial charge in [-0.05, 0) is 38.4 Å². The summed E-state index contributed by atoms with van der Waals surface area (Å²) in [6, 6.07) is 8.08. The number of furan rings is 1. The highest BCUT2D eigenvalue weighted by atomic mass is 32.2. The molecule has 0 bridgehead atoms. The van der Waals surface area contributed by atoms with Crippen molar-refractivity contribution in [3.63, 3.8) is 0 Å². The Bertz CT molecular complexity index is 707. The van der Waals surface area contributed by atoms with Gasteiger partial charge in [0.25, 0.3) is 0 Å². The molecule has 2 rings (SSSR count). The molecular weight excluding hydrogens is 288 g/mol. The molecule has 5 nitrogen and oxygen atoms in total. The molecule has 2 N–H and O–H groups in total. The Labute approximate surface area is 125 Å². The minimum atomic E-state index is -3.10. The van der Waals surface area contributed by atoms with E-state index in [9.17, 15) is 8.42 Å². The van der Waals surface area contributed by atoms with Gasteiger partial charge < -0.3 is 9.73 Å². The van der Waals surface area contributed by atoms with Crippen LogP contribution in [0.15, 0.2) is 28.7 Å². The number of fused-ring (bicyclic) bond motifs is 1. The SMILES string of the molecule is Cc1c(C(C)NCCCNS(C)(=O)=O)oc2ccccc12. The molecule has 1 heterocycles. The molecule has 0 aliphatic carbocycles. The van der Waals surface area contributed by atoms with Crippen molar-refractivity contribution in [1.82, 2.24) is 10.0 Å². The van der Waals surface area contributed by atoms with E-state index in [1.807, 2.05) is 18.2 Å². The summed E-state index contributed by atoms with van der Waals surface area (Å²) in [4.78, 5) is 0. The van der Waals surface area contributed by atoms with Crippen LogP contribution in [-0.2, 0) is 10.0 Å². The number of sulfonamides is 1. The van der Waals surface area contributed by atoms with Crippen molar-refractivity contribution in [3.05, 3.63) is 35.6 Å². The van der Waals surface area contributed by atoms with E-state index in [-0.39, 0.29) is 6.04 Å². The zero-order valence-electron chi connectivity index (χ0n) is 12.6. The van der Waals surface area contributed by atoms with Crippen molar-refractivity contribution in [1.29, 1.82) is 0 Å². The summed E-state index contributed by atoms with van der Waals surface area (Å²) in [5.74, 6) is 0.937. The Kier molecular flexibility index (Phi) is 5.03. The Balaban J connectivity index is 1.90. The minimum Gasteiger partial charge on any atom is -0.459 e. The second-order valence-corrected chi connectivity index (χ2v) is 7.12. The lowest BCUT2D eigenvalue weighted by atomic mass is 10.1. The highest BCUT2D eigenvalue weighted by Crippen LogP contribution is 2.28. The van der Waals surface area contributed by atoms with Crippen LogP contribution in [0.4, 0.5) is 0 Å². The maximum Gasteiger partial charge on any atom is 0.208 e. The van der Waals surface area contributed by atoms with Gasteiger partial charge in [0.15, 0.2) is 0 Å². The van der Waals surface area contributed by atoms with Crippen molar-refractivity contribution in [3.8, 4) is 0 Å². The lowest BCUT2D eigenvalue weighted by Crippen LogP contribution is -2.27. The van der Waals surface area contributed by atoms with Crippen LogP contribution >= 0.6 is 0 Å². The number of aryl methyl sites for hydroxylation is 1. The quantitative estimate of drug-likeness (QED) is 0.770. The summed E-state index contributed by atoms with van der Waals surface area (Å²) in [5.41, 5.74) is 2.05. The van der Waals surface area contributed by atoms with E-state index in [1.165, 1.54) is 6.26 Å². The average molecular weight is 310 g/mol. The molecule has 0 radical (unpaired) electrons. The van der Waals surface area contributed by atoms with Crippen LogP contribution in [0.1, 0.15) is 30.7 Å². The first-order valence-electron chi connectivity index (χ1n) is 7.04. The van der Waals surface area contributed by atoms with Crippen molar-refractivity contribution in [2.24, 2.45) is 0 Å². The summed E-state index contributed by atoms with van der Waals surface area (Å²) >= 11 is 0. The van der Waals surface area contributed by atoms with Crippen molar-refractivity contribution in [2.75, 3.05) is 19.3 Å². The summed E-state index contributed by atoms with van der Waals surface area (Å²) in [5, 5.41) is 4.50. The third kappa shape index (κ3) is 4.30. The van der Waals surface area contributed by atoms with Crippen LogP contribution in [0, 0.1) is 6.92 Å². The van der Waals surface area contributed by atoms with E-state index >= 15 is 0 Å². The van der Waals surface area contributed by atoms with Gasteiger partial charge in [-0.2, -0.15) is 0 Å². The zero-order chi connectivity index (χ0) is 15.5. The number of nitrogens with one attached hydrogen (secondary N) is 2. The summed E-state index contributed by atoms with van der Waals surface area (Å²) in [6.07, 6.45) is 1.90. The van der Waals surface area contributed by atoms with Crippen LogP contribution < -0.4 is 10.0 Å². The highest BCUT2D eigenvalue weighted by Gasteiger charge is 2.15. The molecule has 1 aromatic heterocycles. The fourth-order valence-electron chi connectivity index (χ4n) is 2.36. The third-order valence-electron chi connectivity index (χ3n) is 3.44. The number of rotatable bonds is 7. The zero-order valence-corrected chi connectivity index (χ0v) is 13.5. The molecule has 0 saturated carbocycles. The van der Waals surface area contributed by atoms with Crippen molar-refractivity contribution >= 4 is 21.0 Å². The fraction of sp³-hybridized carbons (Fsp3) is 0.467. The van der Waals surface area contributed by atoms with Crippen LogP contribution in [0.25, 0.3) is 11.0 Å². The number of hydrogen-bond donors (Lipinski definition) is 2. The molecule has 0 saturated heterocycles. The normalized spacial score (nSPS) is 13.7. The molecule has 1 aromatic carbocycles. The first kappa shape index (κ1) is 16.0. The number of hydrogen-bond acceptors (Lipinski definition) is 4. The molecule has 21 heavy (non-hydrogen) atoms. The van der Waals surface area contributed by atoms with Crippen LogP contribution in [0.2, 0.25) is 0 Å². The maximum absolute atomic E-state index is 10.9. The van der Waals surface area contributed by atoms with Crippen LogP contribution in [-0.4, -0.2) is 27.8 Å². The molecule has 6 heteroatoms. The van der Waals surface area contributed by atoms with E-state index in [2.05, 4.69) is 30.0 Å². The van der Waals surface area contributed by atoms with Crippen molar-refractivity contribution < 1.29 is 12.8 Å². The highest BCUT2D eigenvalue weighted by molar-refractivity contribution is 7.88. The fourth-order valence-corrected chi connectivity index (χ4v) is 2.88. The van der Waals surface area contributed by atoms with Gasteiger partial charge >= 0.3 is 0 Å². The second-order valence-electron chi connectivity index (χ2n) is 5.28. The Morgan fingerprint density at radius 3 is 2.62 bits per heavy atom. The number of benzene rings is 1. The van der Waals surface area contributed by atoms with E-state index in [0.29, 0.717) is 6.54 Å². The average Bonchev–Trinajstić information content (AvgIpc) is 2.75. The minimum absolute atomic E-state index is 0.0932. The van der Waals surface area contributed by atoms with Gasteiger partial charge in [-0.25, -0.2) is 13.1 Å². The molecule has 0 amide bonds. The third-order valence-corrected chi connectivity index (χ3v) is 4.17. The summed E-state index contributed by atoms with van der Waals surface area (Å²) < 4.78 is 30.3. The van der Waals surface area contributed by atoms with Gasteiger partial charge in [0.05, 0.1) is 12.3 Å². The van der Waals surface area contributed by atoms with Gasteiger partial charge in [0.1, 0.15) is 11.3 Å². The molecule has 0 aliphatic heterocycles. The topological polar surface area (TPSA) is 71.3 Å². The van der Waals surface area contributed by atoms with E-state index < -0.39 is 10.0 Å². The Morgan fingerprint density at radius 1 is 1.24 bits per heavy atom. The molecule has 0 fully saturated rings. The van der Waals surface area contributed by atoms with Gasteiger partial charge in [0.2, 0.25) is 10.0 Å². The lowest BCUT2D eigenvalue weighted by Gasteiger charge is -2.12. The summed E-state index contributed by atoms with van der Waals surface area (Å²) in [7, 11) is -3.10. The smallest absolute Gasteiger partial charge is 0.208 e. The van der Waals surface area contributed by atoms with E-state index in [1.54, 1.807) is 0 Å². The Morgan fingerprint density at radius 2 is 1.95 bits per heavy atom. The predicted molar refractivity (Wildman–Crippen MR) is 84.8 cm³/mol. The largest absolute Gasteiger partial charge is 0.459 e. The molecule has 116 valence electrons. The van der Waals surface area contributed by atoms with Crippen molar-refractivity contribution in [2.45, 2.75) is 26.3 Å². The molecule has 0 aliphatic rings. The molecule has 2 aromatic rings.